The summed E-state index contributed by atoms with van der Waals surface area (Å²) in [6, 6.07) is 1.28. The largest absolute Gasteiger partial charge is 0.382 e. The molecule has 4 nitrogen and oxygen atoms in total. The number of fused-ring (bicyclic) bond motifs is 1. The van der Waals surface area contributed by atoms with Crippen molar-refractivity contribution in [1.29, 1.82) is 0 Å². The molecule has 120 valence electrons. The molecule has 1 aliphatic heterocycles. The minimum Gasteiger partial charge on any atom is -0.382 e. The summed E-state index contributed by atoms with van der Waals surface area (Å²) in [6.45, 7) is 0.398. The molecule has 0 radical (unpaired) electrons. The molecule has 1 aromatic heterocycles. The van der Waals surface area contributed by atoms with Gasteiger partial charge in [0.15, 0.2) is 0 Å². The van der Waals surface area contributed by atoms with Gasteiger partial charge >= 0.3 is 0 Å². The maximum atomic E-state index is 14.6. The smallest absolute Gasteiger partial charge is 0.280 e. The molecular formula is C14H14ClF3N2O2. The molecule has 2 heterocycles. The van der Waals surface area contributed by atoms with Crippen molar-refractivity contribution in [1.82, 2.24) is 10.2 Å². The Balaban J connectivity index is 2.05. The Morgan fingerprint density at radius 1 is 1.41 bits per heavy atom. The third-order valence-corrected chi connectivity index (χ3v) is 4.35. The molecule has 0 aliphatic carbocycles. The highest BCUT2D eigenvalue weighted by Crippen LogP contribution is 2.45. The van der Waals surface area contributed by atoms with Crippen LogP contribution in [0, 0.1) is 11.7 Å². The number of H-pyrrole nitrogens is 1. The monoisotopic (exact) mass is 334 g/mol. The molecule has 1 fully saturated rings. The Hall–Kier alpha value is -1.31. The quantitative estimate of drug-likeness (QED) is 0.904. The Bertz CT molecular complexity index is 686. The maximum absolute atomic E-state index is 14.6. The number of aromatic amines is 1. The van der Waals surface area contributed by atoms with Crippen LogP contribution in [0.1, 0.15) is 24.5 Å². The number of rotatable bonds is 3. The van der Waals surface area contributed by atoms with E-state index in [4.69, 9.17) is 16.3 Å². The summed E-state index contributed by atoms with van der Waals surface area (Å²) in [6.07, 6.45) is -0.752. The van der Waals surface area contributed by atoms with Crippen LogP contribution >= 0.6 is 11.6 Å². The molecule has 3 rings (SSSR count). The van der Waals surface area contributed by atoms with Gasteiger partial charge in [-0.25, -0.2) is 13.2 Å². The second-order valence-electron chi connectivity index (χ2n) is 5.38. The van der Waals surface area contributed by atoms with Gasteiger partial charge < -0.3 is 9.84 Å². The molecule has 1 atom stereocenters. The molecule has 8 heteroatoms. The predicted molar refractivity (Wildman–Crippen MR) is 74.5 cm³/mol. The van der Waals surface area contributed by atoms with Crippen LogP contribution in [-0.4, -0.2) is 34.4 Å². The molecule has 2 aromatic rings. The third kappa shape index (κ3) is 2.47. The van der Waals surface area contributed by atoms with E-state index in [1.165, 1.54) is 12.3 Å². The molecule has 0 bridgehead atoms. The number of aromatic nitrogens is 2. The van der Waals surface area contributed by atoms with E-state index in [0.29, 0.717) is 5.39 Å². The highest BCUT2D eigenvalue weighted by Gasteiger charge is 2.49. The number of nitrogens with zero attached hydrogens (tertiary/aromatic N) is 1. The van der Waals surface area contributed by atoms with E-state index in [9.17, 15) is 18.3 Å². The van der Waals surface area contributed by atoms with Crippen molar-refractivity contribution in [3.05, 3.63) is 28.7 Å². The highest BCUT2D eigenvalue weighted by atomic mass is 35.5. The standard InChI is InChI=1S/C14H14ClF3N2O2/c15-9-5-7-6-19-20-12(7)10(11(9)16)13(21)14(17,18)8-1-3-22-4-2-8/h5-6,8,13,21H,1-4H2,(H,19,20). The highest BCUT2D eigenvalue weighted by molar-refractivity contribution is 6.31. The van der Waals surface area contributed by atoms with Crippen molar-refractivity contribution in [3.63, 3.8) is 0 Å². The average Bonchev–Trinajstić information content (AvgIpc) is 2.96. The predicted octanol–water partition coefficient (Wildman–Crippen LogP) is 3.45. The maximum Gasteiger partial charge on any atom is 0.280 e. The molecule has 1 aliphatic rings. The van der Waals surface area contributed by atoms with E-state index in [-0.39, 0.29) is 36.6 Å². The van der Waals surface area contributed by atoms with Crippen LogP contribution in [0.2, 0.25) is 5.02 Å². The van der Waals surface area contributed by atoms with Gasteiger partial charge in [-0.1, -0.05) is 11.6 Å². The van der Waals surface area contributed by atoms with Gasteiger partial charge in [-0.05, 0) is 18.9 Å². The van der Waals surface area contributed by atoms with Gasteiger partial charge in [-0.15, -0.1) is 0 Å². The average molecular weight is 335 g/mol. The van der Waals surface area contributed by atoms with Gasteiger partial charge in [0.1, 0.15) is 11.9 Å². The fourth-order valence-corrected chi connectivity index (χ4v) is 3.03. The summed E-state index contributed by atoms with van der Waals surface area (Å²) in [5.41, 5.74) is -0.516. The number of alkyl halides is 2. The lowest BCUT2D eigenvalue weighted by molar-refractivity contribution is -0.169. The minimum atomic E-state index is -3.49. The molecule has 2 N–H and O–H groups in total. The molecule has 0 spiro atoms. The first-order valence-electron chi connectivity index (χ1n) is 6.87. The lowest BCUT2D eigenvalue weighted by Crippen LogP contribution is -2.39. The van der Waals surface area contributed by atoms with Crippen molar-refractivity contribution >= 4 is 22.5 Å². The summed E-state index contributed by atoms with van der Waals surface area (Å²) < 4.78 is 48.5. The van der Waals surface area contributed by atoms with Crippen molar-refractivity contribution < 1.29 is 23.0 Å². The van der Waals surface area contributed by atoms with E-state index in [1.807, 2.05) is 0 Å². The Morgan fingerprint density at radius 3 is 2.77 bits per heavy atom. The molecule has 0 saturated carbocycles. The SMILES string of the molecule is OC(c1c(F)c(Cl)cc2cn[nH]c12)C(F)(F)C1CCOCC1. The Labute approximate surface area is 129 Å². The van der Waals surface area contributed by atoms with E-state index < -0.39 is 29.3 Å². The van der Waals surface area contributed by atoms with E-state index in [0.717, 1.165) is 0 Å². The number of hydrogen-bond acceptors (Lipinski definition) is 3. The summed E-state index contributed by atoms with van der Waals surface area (Å²) in [4.78, 5) is 0. The van der Waals surface area contributed by atoms with Crippen molar-refractivity contribution in [3.8, 4) is 0 Å². The zero-order chi connectivity index (χ0) is 15.9. The van der Waals surface area contributed by atoms with Crippen LogP contribution in [0.3, 0.4) is 0 Å². The van der Waals surface area contributed by atoms with Crippen LogP contribution in [0.5, 0.6) is 0 Å². The van der Waals surface area contributed by atoms with Gasteiger partial charge in [-0.2, -0.15) is 5.10 Å². The first-order chi connectivity index (χ1) is 10.4. The minimum absolute atomic E-state index is 0.0288. The third-order valence-electron chi connectivity index (χ3n) is 4.07. The molecule has 1 saturated heterocycles. The number of ether oxygens (including phenoxy) is 1. The number of aliphatic hydroxyl groups is 1. The lowest BCUT2D eigenvalue weighted by atomic mass is 9.86. The second kappa shape index (κ2) is 5.72. The Kier molecular flexibility index (Phi) is 4.05. The molecule has 0 amide bonds. The fraction of sp³-hybridized carbons (Fsp3) is 0.500. The number of nitrogens with one attached hydrogen (secondary N) is 1. The van der Waals surface area contributed by atoms with Crippen LogP contribution in [0.15, 0.2) is 12.3 Å². The zero-order valence-electron chi connectivity index (χ0n) is 11.5. The lowest BCUT2D eigenvalue weighted by Gasteiger charge is -2.33. The van der Waals surface area contributed by atoms with Gasteiger partial charge in [0.05, 0.1) is 16.7 Å². The summed E-state index contributed by atoms with van der Waals surface area (Å²) in [7, 11) is 0. The second-order valence-corrected chi connectivity index (χ2v) is 5.79. The van der Waals surface area contributed by atoms with E-state index >= 15 is 0 Å². The Morgan fingerprint density at radius 2 is 2.09 bits per heavy atom. The number of benzene rings is 1. The molecule has 1 unspecified atom stereocenters. The van der Waals surface area contributed by atoms with Crippen molar-refractivity contribution in [2.45, 2.75) is 24.9 Å². The topological polar surface area (TPSA) is 58.1 Å². The summed E-state index contributed by atoms with van der Waals surface area (Å²) in [5, 5.41) is 16.4. The van der Waals surface area contributed by atoms with Crippen LogP contribution in [0.25, 0.3) is 10.9 Å². The number of halogens is 4. The van der Waals surface area contributed by atoms with Gasteiger partial charge in [-0.3, -0.25) is 5.10 Å². The first kappa shape index (κ1) is 15.6. The van der Waals surface area contributed by atoms with Crippen LogP contribution in [0.4, 0.5) is 13.2 Å². The molecule has 22 heavy (non-hydrogen) atoms. The summed E-state index contributed by atoms with van der Waals surface area (Å²) in [5.74, 6) is -5.63. The molecule has 1 aromatic carbocycles. The number of hydrogen-bond donors (Lipinski definition) is 2. The van der Waals surface area contributed by atoms with Crippen molar-refractivity contribution in [2.75, 3.05) is 13.2 Å². The van der Waals surface area contributed by atoms with Gasteiger partial charge in [0.25, 0.3) is 5.92 Å². The van der Waals surface area contributed by atoms with E-state index in [1.54, 1.807) is 0 Å². The first-order valence-corrected chi connectivity index (χ1v) is 7.25. The van der Waals surface area contributed by atoms with Crippen molar-refractivity contribution in [2.24, 2.45) is 5.92 Å². The normalized spacial score (nSPS) is 18.8. The van der Waals surface area contributed by atoms with Crippen LogP contribution in [-0.2, 0) is 4.74 Å². The van der Waals surface area contributed by atoms with E-state index in [2.05, 4.69) is 10.2 Å². The zero-order valence-corrected chi connectivity index (χ0v) is 12.2. The fourth-order valence-electron chi connectivity index (χ4n) is 2.81. The van der Waals surface area contributed by atoms with Crippen LogP contribution < -0.4 is 0 Å². The van der Waals surface area contributed by atoms with Gasteiger partial charge in [0.2, 0.25) is 0 Å². The van der Waals surface area contributed by atoms with Gasteiger partial charge in [0, 0.05) is 30.1 Å². The number of aliphatic hydroxyl groups excluding tert-OH is 1. The molecular weight excluding hydrogens is 321 g/mol. The summed E-state index contributed by atoms with van der Waals surface area (Å²) >= 11 is 5.74.